The number of benzene rings is 1. The Morgan fingerprint density at radius 1 is 1.23 bits per heavy atom. The van der Waals surface area contributed by atoms with E-state index in [9.17, 15) is 9.59 Å². The number of nitrogens with one attached hydrogen (secondary N) is 3. The van der Waals surface area contributed by atoms with Gasteiger partial charge in [-0.05, 0) is 31.0 Å². The zero-order valence-electron chi connectivity index (χ0n) is 12.5. The van der Waals surface area contributed by atoms with E-state index in [1.165, 1.54) is 6.42 Å². The third-order valence-corrected chi connectivity index (χ3v) is 3.66. The lowest BCUT2D eigenvalue weighted by atomic mass is 9.96. The van der Waals surface area contributed by atoms with E-state index in [1.54, 1.807) is 24.3 Å². The van der Waals surface area contributed by atoms with Crippen molar-refractivity contribution in [2.75, 3.05) is 11.9 Å². The van der Waals surface area contributed by atoms with Crippen LogP contribution in [0.3, 0.4) is 0 Å². The van der Waals surface area contributed by atoms with Gasteiger partial charge in [-0.2, -0.15) is 0 Å². The molecule has 0 heterocycles. The van der Waals surface area contributed by atoms with Crippen molar-refractivity contribution in [2.24, 2.45) is 0 Å². The maximum absolute atomic E-state index is 11.8. The quantitative estimate of drug-likeness (QED) is 0.746. The second-order valence-electron chi connectivity index (χ2n) is 5.44. The van der Waals surface area contributed by atoms with E-state index in [2.05, 4.69) is 21.9 Å². The van der Waals surface area contributed by atoms with Crippen LogP contribution >= 0.6 is 0 Å². The molecule has 0 radical (unpaired) electrons. The van der Waals surface area contributed by atoms with E-state index >= 15 is 0 Å². The summed E-state index contributed by atoms with van der Waals surface area (Å²) >= 11 is 0. The number of rotatable bonds is 4. The van der Waals surface area contributed by atoms with Gasteiger partial charge in [-0.3, -0.25) is 4.79 Å². The highest BCUT2D eigenvalue weighted by Gasteiger charge is 2.15. The highest BCUT2D eigenvalue weighted by atomic mass is 16.2. The van der Waals surface area contributed by atoms with Gasteiger partial charge in [-0.25, -0.2) is 4.79 Å². The lowest BCUT2D eigenvalue weighted by Crippen LogP contribution is -2.45. The fraction of sp³-hybridized carbons (Fsp3) is 0.412. The van der Waals surface area contributed by atoms with Crippen molar-refractivity contribution >= 4 is 17.6 Å². The fourth-order valence-electron chi connectivity index (χ4n) is 2.54. The molecular weight excluding hydrogens is 278 g/mol. The summed E-state index contributed by atoms with van der Waals surface area (Å²) in [6.45, 7) is -0.0706. The average molecular weight is 299 g/mol. The predicted molar refractivity (Wildman–Crippen MR) is 86.4 cm³/mol. The minimum Gasteiger partial charge on any atom is -0.335 e. The number of anilines is 1. The molecule has 1 fully saturated rings. The van der Waals surface area contributed by atoms with Crippen LogP contribution in [-0.4, -0.2) is 24.5 Å². The van der Waals surface area contributed by atoms with Crippen molar-refractivity contribution in [1.82, 2.24) is 10.6 Å². The number of carbonyl (C=O) groups is 2. The highest BCUT2D eigenvalue weighted by molar-refractivity contribution is 5.94. The van der Waals surface area contributed by atoms with E-state index < -0.39 is 0 Å². The Balaban J connectivity index is 1.72. The van der Waals surface area contributed by atoms with Crippen LogP contribution in [0.4, 0.5) is 10.5 Å². The van der Waals surface area contributed by atoms with Crippen molar-refractivity contribution in [3.05, 3.63) is 29.8 Å². The van der Waals surface area contributed by atoms with E-state index in [-0.39, 0.29) is 24.5 Å². The Bertz CT molecular complexity index is 572. The molecule has 1 aliphatic rings. The molecule has 0 saturated heterocycles. The number of amides is 3. The normalized spacial score (nSPS) is 14.7. The molecular formula is C17H21N3O2. The maximum atomic E-state index is 11.8. The van der Waals surface area contributed by atoms with Crippen LogP contribution < -0.4 is 16.0 Å². The van der Waals surface area contributed by atoms with Gasteiger partial charge in [0.1, 0.15) is 0 Å². The molecule has 5 heteroatoms. The van der Waals surface area contributed by atoms with Crippen molar-refractivity contribution in [2.45, 2.75) is 38.1 Å². The van der Waals surface area contributed by atoms with E-state index in [0.717, 1.165) is 25.7 Å². The first-order valence-corrected chi connectivity index (χ1v) is 7.58. The molecule has 0 spiro atoms. The van der Waals surface area contributed by atoms with Gasteiger partial charge in [0.05, 0.1) is 6.54 Å². The summed E-state index contributed by atoms with van der Waals surface area (Å²) in [5.41, 5.74) is 1.32. The number of hydrogen-bond acceptors (Lipinski definition) is 2. The smallest absolute Gasteiger partial charge is 0.315 e. The Kier molecular flexibility index (Phi) is 5.84. The number of hydrogen-bond donors (Lipinski definition) is 3. The monoisotopic (exact) mass is 299 g/mol. The molecule has 1 aromatic rings. The summed E-state index contributed by atoms with van der Waals surface area (Å²) in [5.74, 6) is 2.22. The van der Waals surface area contributed by atoms with Crippen molar-refractivity contribution in [1.29, 1.82) is 0 Å². The van der Waals surface area contributed by atoms with Crippen LogP contribution in [-0.2, 0) is 4.79 Å². The topological polar surface area (TPSA) is 70.2 Å². The zero-order valence-corrected chi connectivity index (χ0v) is 12.5. The minimum absolute atomic E-state index is 0.0706. The predicted octanol–water partition coefficient (Wildman–Crippen LogP) is 2.24. The lowest BCUT2D eigenvalue weighted by Gasteiger charge is -2.22. The standard InChI is InChI=1S/C17H21N3O2/c1-2-13-7-6-10-15(11-13)19-16(21)12-18-17(22)20-14-8-4-3-5-9-14/h1,6-7,10-11,14H,3-5,8-9,12H2,(H,19,21)(H2,18,20,22). The van der Waals surface area contributed by atoms with Crippen LogP contribution in [0.5, 0.6) is 0 Å². The molecule has 2 rings (SSSR count). The van der Waals surface area contributed by atoms with Gasteiger partial charge in [0.15, 0.2) is 0 Å². The maximum Gasteiger partial charge on any atom is 0.315 e. The van der Waals surface area contributed by atoms with Gasteiger partial charge < -0.3 is 16.0 Å². The molecule has 5 nitrogen and oxygen atoms in total. The lowest BCUT2D eigenvalue weighted by molar-refractivity contribution is -0.115. The van der Waals surface area contributed by atoms with Crippen LogP contribution in [0.25, 0.3) is 0 Å². The van der Waals surface area contributed by atoms with Gasteiger partial charge in [-0.15, -0.1) is 6.42 Å². The van der Waals surface area contributed by atoms with Gasteiger partial charge >= 0.3 is 6.03 Å². The molecule has 0 atom stereocenters. The SMILES string of the molecule is C#Cc1cccc(NC(=O)CNC(=O)NC2CCCCC2)c1. The highest BCUT2D eigenvalue weighted by Crippen LogP contribution is 2.17. The van der Waals surface area contributed by atoms with Gasteiger partial charge in [0, 0.05) is 17.3 Å². The van der Waals surface area contributed by atoms with Crippen molar-refractivity contribution < 1.29 is 9.59 Å². The van der Waals surface area contributed by atoms with Crippen molar-refractivity contribution in [3.63, 3.8) is 0 Å². The molecule has 3 N–H and O–H groups in total. The van der Waals surface area contributed by atoms with Crippen molar-refractivity contribution in [3.8, 4) is 12.3 Å². The van der Waals surface area contributed by atoms with Gasteiger partial charge in [-0.1, -0.05) is 31.2 Å². The third-order valence-electron chi connectivity index (χ3n) is 3.66. The zero-order chi connectivity index (χ0) is 15.8. The summed E-state index contributed by atoms with van der Waals surface area (Å²) in [7, 11) is 0. The van der Waals surface area contributed by atoms with Crippen LogP contribution in [0.15, 0.2) is 24.3 Å². The molecule has 116 valence electrons. The average Bonchev–Trinajstić information content (AvgIpc) is 2.54. The summed E-state index contributed by atoms with van der Waals surface area (Å²) in [6, 6.07) is 6.95. The third kappa shape index (κ3) is 5.13. The summed E-state index contributed by atoms with van der Waals surface area (Å²) in [4.78, 5) is 23.5. The Morgan fingerprint density at radius 3 is 2.73 bits per heavy atom. The molecule has 1 saturated carbocycles. The number of terminal acetylenes is 1. The van der Waals surface area contributed by atoms with Crippen LogP contribution in [0, 0.1) is 12.3 Å². The second-order valence-corrected chi connectivity index (χ2v) is 5.44. The minimum atomic E-state index is -0.292. The summed E-state index contributed by atoms with van der Waals surface area (Å²) < 4.78 is 0. The number of urea groups is 1. The molecule has 0 aromatic heterocycles. The molecule has 22 heavy (non-hydrogen) atoms. The molecule has 1 aromatic carbocycles. The first-order valence-electron chi connectivity index (χ1n) is 7.58. The Hall–Kier alpha value is -2.48. The van der Waals surface area contributed by atoms with E-state index in [1.807, 2.05) is 0 Å². The van der Waals surface area contributed by atoms with Gasteiger partial charge in [0.2, 0.25) is 5.91 Å². The largest absolute Gasteiger partial charge is 0.335 e. The van der Waals surface area contributed by atoms with E-state index in [0.29, 0.717) is 11.3 Å². The molecule has 0 aliphatic heterocycles. The first-order chi connectivity index (χ1) is 10.7. The molecule has 0 bridgehead atoms. The van der Waals surface area contributed by atoms with Crippen LogP contribution in [0.2, 0.25) is 0 Å². The second kappa shape index (κ2) is 8.08. The Morgan fingerprint density at radius 2 is 2.00 bits per heavy atom. The van der Waals surface area contributed by atoms with Crippen LogP contribution in [0.1, 0.15) is 37.7 Å². The Labute approximate surface area is 130 Å². The van der Waals surface area contributed by atoms with Gasteiger partial charge in [0.25, 0.3) is 0 Å². The first kappa shape index (κ1) is 15.9. The summed E-state index contributed by atoms with van der Waals surface area (Å²) in [6.07, 6.45) is 10.9. The summed E-state index contributed by atoms with van der Waals surface area (Å²) in [5, 5.41) is 8.17. The fourth-order valence-corrected chi connectivity index (χ4v) is 2.54. The van der Waals surface area contributed by atoms with E-state index in [4.69, 9.17) is 6.42 Å². The molecule has 1 aliphatic carbocycles. The molecule has 0 unspecified atom stereocenters. The molecule has 3 amide bonds. The number of carbonyl (C=O) groups excluding carboxylic acids is 2.